The third-order valence-corrected chi connectivity index (χ3v) is 3.95. The van der Waals surface area contributed by atoms with Gasteiger partial charge in [0.25, 0.3) is 0 Å². The Morgan fingerprint density at radius 2 is 2.57 bits per heavy atom. The van der Waals surface area contributed by atoms with E-state index in [1.54, 1.807) is 0 Å². The van der Waals surface area contributed by atoms with Gasteiger partial charge in [-0.2, -0.15) is 11.8 Å². The molecule has 0 bridgehead atoms. The Kier molecular flexibility index (Phi) is 2.01. The summed E-state index contributed by atoms with van der Waals surface area (Å²) in [5, 5.41) is 3.44. The lowest BCUT2D eigenvalue weighted by Gasteiger charge is -2.41. The Hall–Kier alpha value is -0.900. The molecule has 1 N–H and O–H groups in total. The van der Waals surface area contributed by atoms with Gasteiger partial charge >= 0.3 is 0 Å². The van der Waals surface area contributed by atoms with E-state index in [1.165, 1.54) is 29.4 Å². The summed E-state index contributed by atoms with van der Waals surface area (Å²) in [5.74, 6) is 2.49. The molecule has 1 atom stereocenters. The fraction of sp³-hybridized carbons (Fsp3) is 0.500. The first-order valence-electron chi connectivity index (χ1n) is 4.97. The van der Waals surface area contributed by atoms with Crippen LogP contribution in [0.15, 0.2) is 18.5 Å². The van der Waals surface area contributed by atoms with Crippen LogP contribution in [0.3, 0.4) is 0 Å². The van der Waals surface area contributed by atoms with E-state index in [2.05, 4.69) is 33.0 Å². The van der Waals surface area contributed by atoms with Crippen molar-refractivity contribution >= 4 is 23.1 Å². The Morgan fingerprint density at radius 3 is 3.57 bits per heavy atom. The van der Waals surface area contributed by atoms with E-state index >= 15 is 0 Å². The van der Waals surface area contributed by atoms with Gasteiger partial charge in [0, 0.05) is 30.8 Å². The van der Waals surface area contributed by atoms with E-state index in [1.807, 2.05) is 12.4 Å². The highest BCUT2D eigenvalue weighted by Gasteiger charge is 2.28. The molecule has 2 aliphatic heterocycles. The van der Waals surface area contributed by atoms with Gasteiger partial charge in [-0.1, -0.05) is 0 Å². The summed E-state index contributed by atoms with van der Waals surface area (Å²) in [7, 11) is 0. The summed E-state index contributed by atoms with van der Waals surface area (Å²) >= 11 is 2.06. The molecule has 3 nitrogen and oxygen atoms in total. The lowest BCUT2D eigenvalue weighted by molar-refractivity contribution is 0.655. The second-order valence-corrected chi connectivity index (χ2v) is 4.85. The van der Waals surface area contributed by atoms with Gasteiger partial charge in [-0.15, -0.1) is 0 Å². The number of anilines is 2. The molecule has 0 aliphatic carbocycles. The van der Waals surface area contributed by atoms with Crippen LogP contribution in [0, 0.1) is 0 Å². The van der Waals surface area contributed by atoms with Crippen molar-refractivity contribution in [1.82, 2.24) is 4.98 Å². The molecule has 0 amide bonds. The van der Waals surface area contributed by atoms with Crippen LogP contribution < -0.4 is 10.2 Å². The number of pyridine rings is 1. The second-order valence-electron chi connectivity index (χ2n) is 3.70. The van der Waals surface area contributed by atoms with E-state index in [9.17, 15) is 0 Å². The van der Waals surface area contributed by atoms with Crippen LogP contribution in [0.1, 0.15) is 0 Å². The number of thioether (sulfide) groups is 1. The Bertz CT molecular complexity index is 342. The lowest BCUT2D eigenvalue weighted by atomic mass is 10.1. The van der Waals surface area contributed by atoms with Crippen molar-refractivity contribution in [2.24, 2.45) is 0 Å². The molecule has 1 unspecified atom stereocenters. The van der Waals surface area contributed by atoms with Crippen molar-refractivity contribution in [2.75, 3.05) is 34.8 Å². The Balaban J connectivity index is 1.99. The minimum atomic E-state index is 0.670. The molecule has 14 heavy (non-hydrogen) atoms. The fourth-order valence-electron chi connectivity index (χ4n) is 2.14. The molecule has 74 valence electrons. The maximum atomic E-state index is 4.14. The van der Waals surface area contributed by atoms with Gasteiger partial charge in [-0.3, -0.25) is 4.98 Å². The van der Waals surface area contributed by atoms with E-state index in [4.69, 9.17) is 0 Å². The minimum Gasteiger partial charge on any atom is -0.380 e. The quantitative estimate of drug-likeness (QED) is 0.696. The van der Waals surface area contributed by atoms with Crippen LogP contribution in [0.25, 0.3) is 0 Å². The average Bonchev–Trinajstić information content (AvgIpc) is 2.29. The molecule has 1 aromatic rings. The van der Waals surface area contributed by atoms with Gasteiger partial charge in [0.05, 0.1) is 23.6 Å². The van der Waals surface area contributed by atoms with E-state index in [0.29, 0.717) is 6.04 Å². The summed E-state index contributed by atoms with van der Waals surface area (Å²) in [6.45, 7) is 2.24. The molecule has 1 aromatic heterocycles. The SMILES string of the molecule is c1cc2c(cn1)NCC1CSCCN21. The summed E-state index contributed by atoms with van der Waals surface area (Å²) < 4.78 is 0. The zero-order valence-electron chi connectivity index (χ0n) is 7.94. The van der Waals surface area contributed by atoms with Crippen molar-refractivity contribution in [2.45, 2.75) is 6.04 Å². The largest absolute Gasteiger partial charge is 0.380 e. The van der Waals surface area contributed by atoms with Gasteiger partial charge in [-0.25, -0.2) is 0 Å². The maximum absolute atomic E-state index is 4.14. The molecule has 1 fully saturated rings. The number of fused-ring (bicyclic) bond motifs is 3. The highest BCUT2D eigenvalue weighted by atomic mass is 32.2. The topological polar surface area (TPSA) is 28.2 Å². The first-order valence-corrected chi connectivity index (χ1v) is 6.13. The second kappa shape index (κ2) is 3.35. The molecule has 3 rings (SSSR count). The zero-order chi connectivity index (χ0) is 9.38. The molecular formula is C10H13N3S. The van der Waals surface area contributed by atoms with Gasteiger partial charge in [0.1, 0.15) is 0 Å². The Morgan fingerprint density at radius 1 is 1.57 bits per heavy atom. The van der Waals surface area contributed by atoms with Crippen LogP contribution in [0.5, 0.6) is 0 Å². The third kappa shape index (κ3) is 1.25. The molecule has 2 aliphatic rings. The number of nitrogens with zero attached hydrogens (tertiary/aromatic N) is 2. The molecule has 0 aromatic carbocycles. The first-order chi connectivity index (χ1) is 6.95. The zero-order valence-corrected chi connectivity index (χ0v) is 8.76. The highest BCUT2D eigenvalue weighted by Crippen LogP contribution is 2.33. The van der Waals surface area contributed by atoms with E-state index < -0.39 is 0 Å². The van der Waals surface area contributed by atoms with Crippen molar-refractivity contribution < 1.29 is 0 Å². The number of hydrogen-bond donors (Lipinski definition) is 1. The molecule has 4 heteroatoms. The van der Waals surface area contributed by atoms with Crippen LogP contribution in [-0.4, -0.2) is 35.6 Å². The van der Waals surface area contributed by atoms with Crippen LogP contribution in [0.4, 0.5) is 11.4 Å². The monoisotopic (exact) mass is 207 g/mol. The van der Waals surface area contributed by atoms with Crippen molar-refractivity contribution in [3.63, 3.8) is 0 Å². The fourth-order valence-corrected chi connectivity index (χ4v) is 3.20. The standard InChI is InChI=1S/C10H13N3S/c1-2-11-6-9-10(1)13-3-4-14-7-8(13)5-12-9/h1-2,6,8,12H,3-5,7H2. The molecule has 3 heterocycles. The molecular weight excluding hydrogens is 194 g/mol. The molecule has 0 radical (unpaired) electrons. The van der Waals surface area contributed by atoms with Crippen LogP contribution in [0.2, 0.25) is 0 Å². The number of hydrogen-bond acceptors (Lipinski definition) is 4. The van der Waals surface area contributed by atoms with Crippen molar-refractivity contribution in [3.05, 3.63) is 18.5 Å². The Labute approximate surface area is 87.9 Å². The normalized spacial score (nSPS) is 24.9. The summed E-state index contributed by atoms with van der Waals surface area (Å²) in [6, 6.07) is 2.79. The van der Waals surface area contributed by atoms with Crippen molar-refractivity contribution in [1.29, 1.82) is 0 Å². The van der Waals surface area contributed by atoms with Crippen LogP contribution in [-0.2, 0) is 0 Å². The minimum absolute atomic E-state index is 0.670. The van der Waals surface area contributed by atoms with Gasteiger partial charge < -0.3 is 10.2 Å². The lowest BCUT2D eigenvalue weighted by Crippen LogP contribution is -2.49. The van der Waals surface area contributed by atoms with Crippen molar-refractivity contribution in [3.8, 4) is 0 Å². The van der Waals surface area contributed by atoms with Gasteiger partial charge in [-0.05, 0) is 6.07 Å². The van der Waals surface area contributed by atoms with E-state index in [0.717, 1.165) is 6.54 Å². The van der Waals surface area contributed by atoms with E-state index in [-0.39, 0.29) is 0 Å². The molecule has 0 saturated carbocycles. The third-order valence-electron chi connectivity index (χ3n) is 2.86. The summed E-state index contributed by atoms with van der Waals surface area (Å²) in [4.78, 5) is 6.66. The predicted octanol–water partition coefficient (Wildman–Crippen LogP) is 1.43. The summed E-state index contributed by atoms with van der Waals surface area (Å²) in [6.07, 6.45) is 3.80. The van der Waals surface area contributed by atoms with Gasteiger partial charge in [0.2, 0.25) is 0 Å². The summed E-state index contributed by atoms with van der Waals surface area (Å²) in [5.41, 5.74) is 2.52. The number of aromatic nitrogens is 1. The molecule has 0 spiro atoms. The van der Waals surface area contributed by atoms with Gasteiger partial charge in [0.15, 0.2) is 0 Å². The first kappa shape index (κ1) is 8.41. The van der Waals surface area contributed by atoms with Crippen LogP contribution >= 0.6 is 11.8 Å². The number of nitrogens with one attached hydrogen (secondary N) is 1. The number of rotatable bonds is 0. The predicted molar refractivity (Wildman–Crippen MR) is 61.2 cm³/mol. The smallest absolute Gasteiger partial charge is 0.0765 e. The highest BCUT2D eigenvalue weighted by molar-refractivity contribution is 7.99. The molecule has 1 saturated heterocycles. The average molecular weight is 207 g/mol. The maximum Gasteiger partial charge on any atom is 0.0765 e.